The monoisotopic (exact) mass is 1380 g/mol. The van der Waals surface area contributed by atoms with Gasteiger partial charge in [0.2, 0.25) is 47.1 Å². The summed E-state index contributed by atoms with van der Waals surface area (Å²) in [5.74, 6) is -6.01. The Kier molecular flexibility index (Phi) is 33.0. The Labute approximate surface area is 565 Å². The van der Waals surface area contributed by atoms with Crippen molar-refractivity contribution in [1.82, 2.24) is 73.6 Å². The zero-order chi connectivity index (χ0) is 68.7. The predicted octanol–water partition coefficient (Wildman–Crippen LogP) is 1.31. The van der Waals surface area contributed by atoms with Crippen LogP contribution in [0.5, 0.6) is 5.75 Å². The third-order valence-electron chi connectivity index (χ3n) is 15.1. The van der Waals surface area contributed by atoms with Crippen molar-refractivity contribution in [2.24, 2.45) is 17.8 Å². The third-order valence-corrected chi connectivity index (χ3v) is 18.4. The number of amides is 8. The Morgan fingerprint density at radius 3 is 1.89 bits per heavy atom. The molecular weight excluding hydrogens is 1290 g/mol. The molecule has 2 aliphatic heterocycles. The normalized spacial score (nSPS) is 22.1. The van der Waals surface area contributed by atoms with Crippen LogP contribution in [0.1, 0.15) is 101 Å². The zero-order valence-corrected chi connectivity index (χ0v) is 59.6. The molecule has 0 spiro atoms. The van der Waals surface area contributed by atoms with Crippen LogP contribution in [-0.4, -0.2) is 206 Å². The molecule has 8 amide bonds. The minimum atomic E-state index is -1.61. The quantitative estimate of drug-likeness (QED) is 0.0459. The highest BCUT2D eigenvalue weighted by Gasteiger charge is 2.39. The lowest BCUT2D eigenvalue weighted by atomic mass is 9.98. The summed E-state index contributed by atoms with van der Waals surface area (Å²) in [6, 6.07) is -4.45. The first-order chi connectivity index (χ1) is 42.6. The minimum Gasteiger partial charge on any atom is -0.497 e. The van der Waals surface area contributed by atoms with Crippen molar-refractivity contribution in [2.75, 3.05) is 39.9 Å². The Balaban J connectivity index is 1.86. The number of carbonyl (C=O) groups is 9. The van der Waals surface area contributed by atoms with E-state index in [2.05, 4.69) is 63.8 Å². The molecule has 0 saturated heterocycles. The molecule has 13 N–H and O–H groups in total. The second kappa shape index (κ2) is 38.1. The number of ether oxygens (including phenoxy) is 1. The summed E-state index contributed by atoms with van der Waals surface area (Å²) in [5, 5.41) is 47.0. The Hall–Kier alpha value is -6.25. The van der Waals surface area contributed by atoms with Gasteiger partial charge in [0, 0.05) is 45.1 Å². The van der Waals surface area contributed by atoms with Crippen LogP contribution >= 0.6 is 72.4 Å². The van der Waals surface area contributed by atoms with Gasteiger partial charge in [-0.05, 0) is 87.0 Å². The number of thioether (sulfide) groups is 2. The fraction of sp³-hybridized carbons (Fsp3) is 0.617. The first kappa shape index (κ1) is 79.0. The van der Waals surface area contributed by atoms with Crippen LogP contribution in [0.15, 0.2) is 47.8 Å². The minimum absolute atomic E-state index is 0.0715. The van der Waals surface area contributed by atoms with Crippen LogP contribution in [0.4, 0.5) is 0 Å². The topological polar surface area (TPSA) is 334 Å². The smallest absolute Gasteiger partial charge is 0.287 e. The first-order valence-electron chi connectivity index (χ1n) is 30.0. The standard InChI is InChI=1S/C60H94N14O11S6/c1-17-31(6)45(72-57(86)35(10)63-49(77)33(8)64-58(87)40(22-24-90-16)67-59(88)44(30(4)5)69-52(80)36(11)75)60(89)65-34(9)51(79)70-46-37(12)91-25-23-61-54(82)47(48(76)42-27-73(13)28-74(42)14)71-53(81)41(26-38-18-20-39(85-15)21-19-38)66-50(78)32(7)62-55(83)43(29(2)3)68-56(46)84/h18-21,23,25,27,29-35,37,40-41,43-48,76H,17,22,24,26,28H2,1-16H3,(H,61,82)(H,62,83)(H,63,77)(H,64,87)(H,65,89)(H,66,78)(H,67,88)(H,68,84)(H,69,80)(H,70,79)(H,71,81)(H,72,86). The van der Waals surface area contributed by atoms with Gasteiger partial charge >= 0.3 is 0 Å². The molecule has 1 aromatic rings. The van der Waals surface area contributed by atoms with E-state index in [9.17, 15) is 48.3 Å². The molecule has 14 unspecified atom stereocenters. The van der Waals surface area contributed by atoms with Gasteiger partial charge in [0.05, 0.1) is 63.6 Å². The maximum absolute atomic E-state index is 14.6. The second-order valence-corrected chi connectivity index (χ2v) is 27.5. The molecule has 0 saturated carbocycles. The highest BCUT2D eigenvalue weighted by molar-refractivity contribution is 8.02. The zero-order valence-electron chi connectivity index (χ0n) is 54.7. The number of aliphatic hydroxyl groups is 1. The number of aliphatic hydroxyl groups excluding tert-OH is 1. The van der Waals surface area contributed by atoms with E-state index in [1.807, 2.05) is 34.0 Å². The molecular formula is C60H94N14O11S6. The number of methoxy groups -OCH3 is 1. The van der Waals surface area contributed by atoms with Crippen molar-refractivity contribution in [2.45, 2.75) is 180 Å². The van der Waals surface area contributed by atoms with E-state index in [-0.39, 0.29) is 33.2 Å². The third kappa shape index (κ3) is 24.6. The summed E-state index contributed by atoms with van der Waals surface area (Å²) in [5.41, 5.74) is 0.933. The maximum atomic E-state index is 14.6. The highest BCUT2D eigenvalue weighted by Crippen LogP contribution is 2.22. The van der Waals surface area contributed by atoms with E-state index >= 15 is 0 Å². The van der Waals surface area contributed by atoms with Crippen LogP contribution in [-0.2, 0) is 49.6 Å². The van der Waals surface area contributed by atoms with Gasteiger partial charge in [-0.25, -0.2) is 0 Å². The summed E-state index contributed by atoms with van der Waals surface area (Å²) < 4.78 is 5.30. The van der Waals surface area contributed by atoms with Crippen molar-refractivity contribution >= 4 is 145 Å². The molecule has 31 heteroatoms. The fourth-order valence-electron chi connectivity index (χ4n) is 9.24. The van der Waals surface area contributed by atoms with Crippen LogP contribution in [0.2, 0.25) is 0 Å². The lowest BCUT2D eigenvalue weighted by Crippen LogP contribution is -2.62. The number of hydrogen-bond donors (Lipinski definition) is 13. The average Bonchev–Trinajstić information content (AvgIpc) is 1.93. The lowest BCUT2D eigenvalue weighted by molar-refractivity contribution is -0.137. The Morgan fingerprint density at radius 1 is 0.725 bits per heavy atom. The number of benzene rings is 1. The number of carbonyl (C=O) groups excluding carboxylic acids is 9. The van der Waals surface area contributed by atoms with Crippen molar-refractivity contribution in [3.63, 3.8) is 0 Å². The second-order valence-electron chi connectivity index (χ2n) is 23.5. The molecule has 0 radical (unpaired) electrons. The van der Waals surface area contributed by atoms with Crippen molar-refractivity contribution in [3.8, 4) is 5.75 Å². The number of ketones is 1. The molecule has 2 heterocycles. The molecule has 0 bridgehead atoms. The van der Waals surface area contributed by atoms with Crippen LogP contribution < -0.4 is 68.5 Å². The first-order valence-corrected chi connectivity index (χ1v) is 34.0. The van der Waals surface area contributed by atoms with E-state index in [4.69, 9.17) is 53.6 Å². The molecule has 3 rings (SSSR count). The van der Waals surface area contributed by atoms with Crippen LogP contribution in [0.25, 0.3) is 0 Å². The van der Waals surface area contributed by atoms with Gasteiger partial charge in [-0.1, -0.05) is 116 Å². The molecule has 91 heavy (non-hydrogen) atoms. The van der Waals surface area contributed by atoms with Gasteiger partial charge in [-0.3, -0.25) is 43.2 Å². The van der Waals surface area contributed by atoms with Gasteiger partial charge < -0.3 is 83.4 Å². The van der Waals surface area contributed by atoms with Crippen LogP contribution in [0.3, 0.4) is 0 Å². The van der Waals surface area contributed by atoms with Gasteiger partial charge in [0.1, 0.15) is 54.1 Å². The molecule has 0 aromatic heterocycles. The van der Waals surface area contributed by atoms with E-state index in [1.54, 1.807) is 108 Å². The van der Waals surface area contributed by atoms with Gasteiger partial charge in [0.25, 0.3) is 5.91 Å². The van der Waals surface area contributed by atoms with Gasteiger partial charge in [-0.15, -0.1) is 11.8 Å². The van der Waals surface area contributed by atoms with Crippen molar-refractivity contribution in [1.29, 1.82) is 0 Å². The molecule has 0 fully saturated rings. The fourth-order valence-corrected chi connectivity index (χ4v) is 11.9. The molecule has 506 valence electrons. The number of rotatable bonds is 26. The van der Waals surface area contributed by atoms with E-state index in [1.165, 1.54) is 32.6 Å². The number of Topliss-reactive ketones (excluding diaryl/α,β-unsaturated/α-hetero) is 1. The predicted molar refractivity (Wildman–Crippen MR) is 373 cm³/mol. The highest BCUT2D eigenvalue weighted by atomic mass is 32.2. The van der Waals surface area contributed by atoms with E-state index in [0.717, 1.165) is 11.8 Å². The molecule has 0 aliphatic carbocycles. The van der Waals surface area contributed by atoms with E-state index < -0.39 is 137 Å². The summed E-state index contributed by atoms with van der Waals surface area (Å²) in [7, 11) is 4.99. The SMILES string of the molecule is CCC(C)C(NC(=S)C(C)NC(=O)C(C)NC(=S)C(CCSC)NC(=S)C(NC(=O)C(C)=O)C(C)C)C(=S)NC(C)C(=O)NC1C(=O)NC(C(C)C)C(=O)NC(C)C(=O)NC(Cc2ccc(OC)cc2)C(=O)NC(C(O)C2=CN(C)CN2C)C(=O)NC=CSC1C. The molecule has 1 aromatic carbocycles. The number of nitrogens with zero attached hydrogens (tertiary/aromatic N) is 2. The maximum Gasteiger partial charge on any atom is 0.287 e. The summed E-state index contributed by atoms with van der Waals surface area (Å²) >= 11 is 25.9. The number of hydrogen-bond acceptors (Lipinski definition) is 19. The van der Waals surface area contributed by atoms with E-state index in [0.29, 0.717) is 47.3 Å². The molecule has 2 aliphatic rings. The molecule has 25 nitrogen and oxygen atoms in total. The Morgan fingerprint density at radius 2 is 1.33 bits per heavy atom. The largest absolute Gasteiger partial charge is 0.497 e. The number of nitrogens with one attached hydrogen (secondary N) is 12. The van der Waals surface area contributed by atoms with Crippen LogP contribution in [0, 0.1) is 17.8 Å². The summed E-state index contributed by atoms with van der Waals surface area (Å²) in [6.45, 7) is 20.5. The number of thiocarbonyl (C=S) groups is 4. The van der Waals surface area contributed by atoms with Gasteiger partial charge in [0.15, 0.2) is 0 Å². The number of likely N-dealkylation sites (N-methyl/N-ethyl adjacent to an activating group) is 1. The van der Waals surface area contributed by atoms with Gasteiger partial charge in [-0.2, -0.15) is 11.8 Å². The average molecular weight is 1380 g/mol. The van der Waals surface area contributed by atoms with Crippen molar-refractivity contribution < 1.29 is 53.0 Å². The summed E-state index contributed by atoms with van der Waals surface area (Å²) in [4.78, 5) is 128. The summed E-state index contributed by atoms with van der Waals surface area (Å²) in [6.07, 6.45) is 4.34. The lowest BCUT2D eigenvalue weighted by Gasteiger charge is -2.32. The Bertz CT molecular complexity index is 2850. The molecule has 14 atom stereocenters. The van der Waals surface area contributed by atoms with Crippen molar-refractivity contribution in [3.05, 3.63) is 53.3 Å².